The zero-order valence-corrected chi connectivity index (χ0v) is 15.0. The monoisotopic (exact) mass is 343 g/mol. The van der Waals surface area contributed by atoms with Gasteiger partial charge >= 0.3 is 0 Å². The average Bonchev–Trinajstić information content (AvgIpc) is 3.08. The van der Waals surface area contributed by atoms with E-state index in [1.807, 2.05) is 11.0 Å². The molecular formula is C20H29N3O2. The molecule has 1 aromatic carbocycles. The predicted octanol–water partition coefficient (Wildman–Crippen LogP) is 1.76. The molecule has 3 heterocycles. The van der Waals surface area contributed by atoms with E-state index in [0.717, 1.165) is 58.0 Å². The number of likely N-dealkylation sites (tertiary alicyclic amines) is 1. The zero-order chi connectivity index (χ0) is 17.1. The lowest BCUT2D eigenvalue weighted by molar-refractivity contribution is -0.120. The van der Waals surface area contributed by atoms with Gasteiger partial charge < -0.3 is 9.64 Å². The fourth-order valence-electron chi connectivity index (χ4n) is 4.41. The van der Waals surface area contributed by atoms with E-state index in [4.69, 9.17) is 4.74 Å². The van der Waals surface area contributed by atoms with E-state index in [9.17, 15) is 4.79 Å². The van der Waals surface area contributed by atoms with E-state index in [1.165, 1.54) is 24.8 Å². The van der Waals surface area contributed by atoms with Crippen LogP contribution in [-0.2, 0) is 16.0 Å². The molecule has 136 valence electrons. The van der Waals surface area contributed by atoms with Crippen LogP contribution in [-0.4, -0.2) is 74.2 Å². The Bertz CT molecular complexity index is 600. The third kappa shape index (κ3) is 3.89. The maximum atomic E-state index is 13.0. The summed E-state index contributed by atoms with van der Waals surface area (Å²) in [7, 11) is 0. The minimum atomic E-state index is 0.263. The van der Waals surface area contributed by atoms with Crippen LogP contribution in [0.5, 0.6) is 0 Å². The molecule has 3 aliphatic heterocycles. The number of ether oxygens (including phenoxy) is 1. The summed E-state index contributed by atoms with van der Waals surface area (Å²) in [4.78, 5) is 19.9. The van der Waals surface area contributed by atoms with Crippen LogP contribution in [0, 0.1) is 0 Å². The number of amides is 1. The molecule has 0 spiro atoms. The number of anilines is 1. The second-order valence-electron chi connectivity index (χ2n) is 7.46. The maximum absolute atomic E-state index is 13.0. The third-order valence-corrected chi connectivity index (χ3v) is 5.85. The number of nitrogens with zero attached hydrogens (tertiary/aromatic N) is 3. The molecule has 1 atom stereocenters. The number of benzene rings is 1. The summed E-state index contributed by atoms with van der Waals surface area (Å²) in [6.07, 6.45) is 4.69. The van der Waals surface area contributed by atoms with E-state index in [2.05, 4.69) is 28.0 Å². The number of morpholine rings is 1. The maximum Gasteiger partial charge on any atom is 0.241 e. The van der Waals surface area contributed by atoms with Crippen LogP contribution in [0.2, 0.25) is 0 Å². The second kappa shape index (κ2) is 7.85. The Hall–Kier alpha value is -1.43. The van der Waals surface area contributed by atoms with Crippen molar-refractivity contribution in [3.8, 4) is 0 Å². The number of fused-ring (bicyclic) bond motifs is 1. The van der Waals surface area contributed by atoms with Gasteiger partial charge in [-0.3, -0.25) is 14.6 Å². The molecule has 4 rings (SSSR count). The molecule has 0 saturated carbocycles. The summed E-state index contributed by atoms with van der Waals surface area (Å²) >= 11 is 0. The minimum absolute atomic E-state index is 0.263. The third-order valence-electron chi connectivity index (χ3n) is 5.85. The highest BCUT2D eigenvalue weighted by atomic mass is 16.5. The molecule has 0 bridgehead atoms. The Kier molecular flexibility index (Phi) is 5.34. The highest BCUT2D eigenvalue weighted by molar-refractivity contribution is 5.96. The van der Waals surface area contributed by atoms with Crippen LogP contribution < -0.4 is 4.90 Å². The van der Waals surface area contributed by atoms with Gasteiger partial charge in [0.2, 0.25) is 5.91 Å². The van der Waals surface area contributed by atoms with Crippen molar-refractivity contribution in [3.63, 3.8) is 0 Å². The van der Waals surface area contributed by atoms with Gasteiger partial charge in [-0.1, -0.05) is 24.6 Å². The molecular weight excluding hydrogens is 314 g/mol. The molecule has 1 amide bonds. The van der Waals surface area contributed by atoms with E-state index in [-0.39, 0.29) is 5.91 Å². The number of piperidine rings is 1. The number of carbonyl (C=O) groups is 1. The van der Waals surface area contributed by atoms with Crippen molar-refractivity contribution in [1.82, 2.24) is 9.80 Å². The predicted molar refractivity (Wildman–Crippen MR) is 99.0 cm³/mol. The molecule has 0 aliphatic carbocycles. The van der Waals surface area contributed by atoms with Crippen LogP contribution in [0.3, 0.4) is 0 Å². The Morgan fingerprint density at radius 1 is 1.08 bits per heavy atom. The molecule has 5 nitrogen and oxygen atoms in total. The highest BCUT2D eigenvalue weighted by Gasteiger charge is 2.30. The van der Waals surface area contributed by atoms with E-state index >= 15 is 0 Å². The summed E-state index contributed by atoms with van der Waals surface area (Å²) in [5.41, 5.74) is 2.42. The molecule has 3 aliphatic rings. The van der Waals surface area contributed by atoms with Crippen LogP contribution in [0.25, 0.3) is 0 Å². The van der Waals surface area contributed by atoms with Crippen molar-refractivity contribution in [2.45, 2.75) is 31.7 Å². The first-order chi connectivity index (χ1) is 12.3. The van der Waals surface area contributed by atoms with Gasteiger partial charge in [0.05, 0.1) is 19.8 Å². The average molecular weight is 343 g/mol. The number of hydrogen-bond donors (Lipinski definition) is 0. The molecule has 1 aromatic rings. The first-order valence-electron chi connectivity index (χ1n) is 9.74. The molecule has 2 fully saturated rings. The van der Waals surface area contributed by atoms with Crippen molar-refractivity contribution in [2.24, 2.45) is 0 Å². The molecule has 0 N–H and O–H groups in total. The van der Waals surface area contributed by atoms with E-state index in [1.54, 1.807) is 0 Å². The van der Waals surface area contributed by atoms with Gasteiger partial charge in [-0.25, -0.2) is 0 Å². The normalized spacial score (nSPS) is 25.1. The Morgan fingerprint density at radius 2 is 1.92 bits per heavy atom. The molecule has 0 radical (unpaired) electrons. The van der Waals surface area contributed by atoms with Gasteiger partial charge in [0.1, 0.15) is 0 Å². The van der Waals surface area contributed by atoms with Crippen molar-refractivity contribution < 1.29 is 9.53 Å². The lowest BCUT2D eigenvalue weighted by Gasteiger charge is -2.39. The van der Waals surface area contributed by atoms with Gasteiger partial charge in [0.15, 0.2) is 0 Å². The SMILES string of the molecule is O=C(CN1CCCC[C@H]1CN1CCOCC1)N1CCc2ccccc21. The topological polar surface area (TPSA) is 36.0 Å². The van der Waals surface area contributed by atoms with E-state index in [0.29, 0.717) is 12.6 Å². The van der Waals surface area contributed by atoms with Crippen molar-refractivity contribution >= 4 is 11.6 Å². The fraction of sp³-hybridized carbons (Fsp3) is 0.650. The van der Waals surface area contributed by atoms with E-state index < -0.39 is 0 Å². The largest absolute Gasteiger partial charge is 0.379 e. The second-order valence-corrected chi connectivity index (χ2v) is 7.46. The van der Waals surface area contributed by atoms with Crippen molar-refractivity contribution in [1.29, 1.82) is 0 Å². The van der Waals surface area contributed by atoms with Gasteiger partial charge in [-0.05, 0) is 37.4 Å². The van der Waals surface area contributed by atoms with Crippen LogP contribution in [0.1, 0.15) is 24.8 Å². The zero-order valence-electron chi connectivity index (χ0n) is 15.0. The fourth-order valence-corrected chi connectivity index (χ4v) is 4.41. The summed E-state index contributed by atoms with van der Waals surface area (Å²) in [5, 5.41) is 0. The van der Waals surface area contributed by atoms with Gasteiger partial charge in [0.25, 0.3) is 0 Å². The van der Waals surface area contributed by atoms with Crippen molar-refractivity contribution in [3.05, 3.63) is 29.8 Å². The van der Waals surface area contributed by atoms with Crippen LogP contribution in [0.4, 0.5) is 5.69 Å². The Labute approximate surface area is 150 Å². The smallest absolute Gasteiger partial charge is 0.241 e. The van der Waals surface area contributed by atoms with Crippen LogP contribution >= 0.6 is 0 Å². The summed E-state index contributed by atoms with van der Waals surface area (Å²) in [5.74, 6) is 0.263. The number of hydrogen-bond acceptors (Lipinski definition) is 4. The molecule has 5 heteroatoms. The summed E-state index contributed by atoms with van der Waals surface area (Å²) in [6.45, 7) is 7.26. The Balaban J connectivity index is 1.38. The molecule has 0 aromatic heterocycles. The lowest BCUT2D eigenvalue weighted by atomic mass is 10.0. The standard InChI is InChI=1S/C20H29N3O2/c24-20(23-10-8-17-5-1-2-7-19(17)23)16-22-9-4-3-6-18(22)15-21-11-13-25-14-12-21/h1-2,5,7,18H,3-4,6,8-16H2/t18-/m0/s1. The van der Waals surface area contributed by atoms with Gasteiger partial charge in [0, 0.05) is 37.9 Å². The van der Waals surface area contributed by atoms with Gasteiger partial charge in [-0.15, -0.1) is 0 Å². The summed E-state index contributed by atoms with van der Waals surface area (Å²) in [6, 6.07) is 8.84. The quantitative estimate of drug-likeness (QED) is 0.835. The van der Waals surface area contributed by atoms with Gasteiger partial charge in [-0.2, -0.15) is 0 Å². The first-order valence-corrected chi connectivity index (χ1v) is 9.74. The minimum Gasteiger partial charge on any atom is -0.379 e. The highest BCUT2D eigenvalue weighted by Crippen LogP contribution is 2.28. The Morgan fingerprint density at radius 3 is 2.80 bits per heavy atom. The number of rotatable bonds is 4. The summed E-state index contributed by atoms with van der Waals surface area (Å²) < 4.78 is 5.47. The first kappa shape index (κ1) is 17.0. The lowest BCUT2D eigenvalue weighted by Crippen LogP contribution is -2.52. The molecule has 0 unspecified atom stereocenters. The molecule has 2 saturated heterocycles. The van der Waals surface area contributed by atoms with Crippen LogP contribution in [0.15, 0.2) is 24.3 Å². The number of carbonyl (C=O) groups excluding carboxylic acids is 1. The molecule has 25 heavy (non-hydrogen) atoms. The number of para-hydroxylation sites is 1. The van der Waals surface area contributed by atoms with Crippen molar-refractivity contribution in [2.75, 3.05) is 57.4 Å².